The van der Waals surface area contributed by atoms with Gasteiger partial charge in [-0.05, 0) is 52.3 Å². The molecule has 0 N–H and O–H groups in total. The summed E-state index contributed by atoms with van der Waals surface area (Å²) in [4.78, 5) is 28.4. The van der Waals surface area contributed by atoms with Gasteiger partial charge >= 0.3 is 11.9 Å². The van der Waals surface area contributed by atoms with Crippen molar-refractivity contribution in [3.63, 3.8) is 0 Å². The summed E-state index contributed by atoms with van der Waals surface area (Å²) >= 11 is 0. The maximum absolute atomic E-state index is 13.5. The number of nitrogens with zero attached hydrogens (tertiary/aromatic N) is 2. The van der Waals surface area contributed by atoms with Crippen molar-refractivity contribution in [2.24, 2.45) is 5.92 Å². The molecule has 0 spiro atoms. The molecule has 4 aliphatic heterocycles. The van der Waals surface area contributed by atoms with Crippen LogP contribution in [0.5, 0.6) is 0 Å². The zero-order valence-corrected chi connectivity index (χ0v) is 21.9. The first-order valence-corrected chi connectivity index (χ1v) is 12.3. The second-order valence-corrected chi connectivity index (χ2v) is 10.9. The summed E-state index contributed by atoms with van der Waals surface area (Å²) in [6, 6.07) is 9.71. The fourth-order valence-electron chi connectivity index (χ4n) is 5.75. The zero-order valence-electron chi connectivity index (χ0n) is 20.3. The Morgan fingerprint density at radius 1 is 1.06 bits per heavy atom. The van der Waals surface area contributed by atoms with Crippen LogP contribution in [0.1, 0.15) is 64.5 Å². The van der Waals surface area contributed by atoms with Crippen LogP contribution in [0, 0.1) is 5.92 Å². The third-order valence-electron chi connectivity index (χ3n) is 7.29. The smallest absolute Gasteiger partial charge is 0.362 e. The highest BCUT2D eigenvalue weighted by Crippen LogP contribution is 2.37. The molecule has 1 aromatic rings. The number of piperidine rings is 4. The molecular formula is C26H39BrN2O4. The molecule has 33 heavy (non-hydrogen) atoms. The molecule has 2 atom stereocenters. The Kier molecular flexibility index (Phi) is 8.62. The van der Waals surface area contributed by atoms with E-state index in [1.54, 1.807) is 0 Å². The molecule has 184 valence electrons. The minimum Gasteiger partial charge on any atom is -1.00 e. The number of hydrogen-bond donors (Lipinski definition) is 0. The number of likely N-dealkylation sites (tertiary alicyclic amines) is 1. The van der Waals surface area contributed by atoms with Crippen LogP contribution in [-0.4, -0.2) is 72.3 Å². The van der Waals surface area contributed by atoms with Crippen LogP contribution in [0.15, 0.2) is 30.3 Å². The lowest BCUT2D eigenvalue weighted by atomic mass is 9.83. The SMILES string of the molecule is CC(C)(C)OC(=O)C[N+]12CCC(CC1)[C@@H](OC(=O)C(c1ccccc1)N1CCCCC1)C2.[Br-]. The minimum atomic E-state index is -0.479. The summed E-state index contributed by atoms with van der Waals surface area (Å²) < 4.78 is 12.5. The van der Waals surface area contributed by atoms with Gasteiger partial charge in [-0.2, -0.15) is 0 Å². The van der Waals surface area contributed by atoms with Crippen LogP contribution < -0.4 is 17.0 Å². The van der Waals surface area contributed by atoms with Crippen molar-refractivity contribution >= 4 is 11.9 Å². The van der Waals surface area contributed by atoms with Gasteiger partial charge in [-0.25, -0.2) is 9.59 Å². The number of ether oxygens (including phenoxy) is 2. The Morgan fingerprint density at radius 2 is 1.70 bits per heavy atom. The highest BCUT2D eigenvalue weighted by atomic mass is 79.9. The van der Waals surface area contributed by atoms with Gasteiger partial charge in [-0.15, -0.1) is 0 Å². The van der Waals surface area contributed by atoms with Crippen LogP contribution in [0.2, 0.25) is 0 Å². The Labute approximate surface area is 209 Å². The second-order valence-electron chi connectivity index (χ2n) is 10.9. The Balaban J connectivity index is 0.00000306. The van der Waals surface area contributed by atoms with Gasteiger partial charge < -0.3 is 30.9 Å². The minimum absolute atomic E-state index is 0. The van der Waals surface area contributed by atoms with Crippen molar-refractivity contribution in [1.29, 1.82) is 0 Å². The van der Waals surface area contributed by atoms with Crippen LogP contribution in [-0.2, 0) is 19.1 Å². The average Bonchev–Trinajstić information content (AvgIpc) is 2.74. The predicted octanol–water partition coefficient (Wildman–Crippen LogP) is 0.712. The molecule has 4 saturated heterocycles. The molecule has 2 bridgehead atoms. The third-order valence-corrected chi connectivity index (χ3v) is 7.29. The summed E-state index contributed by atoms with van der Waals surface area (Å²) in [6.07, 6.45) is 5.35. The van der Waals surface area contributed by atoms with Crippen molar-refractivity contribution in [3.8, 4) is 0 Å². The molecule has 4 aliphatic rings. The van der Waals surface area contributed by atoms with Crippen LogP contribution >= 0.6 is 0 Å². The van der Waals surface area contributed by atoms with E-state index in [2.05, 4.69) is 4.90 Å². The third kappa shape index (κ3) is 6.58. The van der Waals surface area contributed by atoms with Crippen LogP contribution in [0.4, 0.5) is 0 Å². The molecule has 0 amide bonds. The molecule has 0 saturated carbocycles. The zero-order chi connectivity index (χ0) is 22.8. The number of carbonyl (C=O) groups is 2. The van der Waals surface area contributed by atoms with Crippen molar-refractivity contribution in [2.45, 2.75) is 70.6 Å². The lowest BCUT2D eigenvalue weighted by Gasteiger charge is -2.51. The van der Waals surface area contributed by atoms with Crippen molar-refractivity contribution in [2.75, 3.05) is 39.3 Å². The first-order valence-electron chi connectivity index (χ1n) is 12.3. The van der Waals surface area contributed by atoms with Crippen LogP contribution in [0.25, 0.3) is 0 Å². The predicted molar refractivity (Wildman–Crippen MR) is 123 cm³/mol. The van der Waals surface area contributed by atoms with Crippen LogP contribution in [0.3, 0.4) is 0 Å². The van der Waals surface area contributed by atoms with Crippen molar-refractivity contribution < 1.29 is 40.5 Å². The number of benzene rings is 1. The number of rotatable bonds is 6. The fraction of sp³-hybridized carbons (Fsp3) is 0.692. The molecule has 0 radical (unpaired) electrons. The monoisotopic (exact) mass is 522 g/mol. The number of carbonyl (C=O) groups excluding carboxylic acids is 2. The number of esters is 2. The van der Waals surface area contributed by atoms with Gasteiger partial charge in [-0.1, -0.05) is 36.8 Å². The fourth-order valence-corrected chi connectivity index (χ4v) is 5.75. The van der Waals surface area contributed by atoms with E-state index >= 15 is 0 Å². The van der Waals surface area contributed by atoms with Gasteiger partial charge in [0.25, 0.3) is 0 Å². The van der Waals surface area contributed by atoms with Gasteiger partial charge in [-0.3, -0.25) is 4.90 Å². The summed E-state index contributed by atoms with van der Waals surface area (Å²) in [5.74, 6) is 0.112. The Hall–Kier alpha value is -1.44. The molecule has 7 heteroatoms. The molecule has 0 aliphatic carbocycles. The van der Waals surface area contributed by atoms with Gasteiger partial charge in [0.05, 0.1) is 13.1 Å². The van der Waals surface area contributed by atoms with E-state index in [1.165, 1.54) is 6.42 Å². The molecule has 4 fully saturated rings. The first-order chi connectivity index (χ1) is 15.2. The highest BCUT2D eigenvalue weighted by molar-refractivity contribution is 5.78. The summed E-state index contributed by atoms with van der Waals surface area (Å²) in [5.41, 5.74) is 0.533. The maximum atomic E-state index is 13.5. The van der Waals surface area contributed by atoms with E-state index < -0.39 is 5.60 Å². The van der Waals surface area contributed by atoms with E-state index in [0.29, 0.717) is 16.9 Å². The number of fused-ring (bicyclic) bond motifs is 3. The quantitative estimate of drug-likeness (QED) is 0.406. The lowest BCUT2D eigenvalue weighted by Crippen LogP contribution is -3.00. The highest BCUT2D eigenvalue weighted by Gasteiger charge is 2.49. The molecule has 4 heterocycles. The first kappa shape index (κ1) is 26.2. The molecule has 1 unspecified atom stereocenters. The Bertz CT molecular complexity index is 796. The summed E-state index contributed by atoms with van der Waals surface area (Å²) in [6.45, 7) is 10.6. The number of quaternary nitrogens is 1. The largest absolute Gasteiger partial charge is 1.00 e. The number of halogens is 1. The van der Waals surface area contributed by atoms with Gasteiger partial charge in [0.2, 0.25) is 0 Å². The van der Waals surface area contributed by atoms with Gasteiger partial charge in [0, 0.05) is 18.8 Å². The normalized spacial score (nSPS) is 28.5. The molecule has 5 rings (SSSR count). The van der Waals surface area contributed by atoms with E-state index in [4.69, 9.17) is 9.47 Å². The molecule has 0 aromatic heterocycles. The average molecular weight is 524 g/mol. The van der Waals surface area contributed by atoms with E-state index in [0.717, 1.165) is 64.0 Å². The van der Waals surface area contributed by atoms with Crippen molar-refractivity contribution in [3.05, 3.63) is 35.9 Å². The molecule has 1 aromatic carbocycles. The van der Waals surface area contributed by atoms with E-state index in [9.17, 15) is 9.59 Å². The number of hydrogen-bond acceptors (Lipinski definition) is 5. The molecule has 6 nitrogen and oxygen atoms in total. The standard InChI is InChI=1S/C26H39N2O4.BrH/c1-26(2,3)32-23(29)19-28-16-12-20(13-17-28)22(18-28)31-25(30)24(21-10-6-4-7-11-21)27-14-8-5-9-15-27;/h4,6-7,10-11,20,22,24H,5,8-9,12-19H2,1-3H3;1H/q+1;/p-1/t20?,22-,24?,28?;/m0./s1. The summed E-state index contributed by atoms with van der Waals surface area (Å²) in [5, 5.41) is 0. The second kappa shape index (κ2) is 10.9. The van der Waals surface area contributed by atoms with Gasteiger partial charge in [0.15, 0.2) is 12.6 Å². The van der Waals surface area contributed by atoms with E-state index in [-0.39, 0.29) is 41.1 Å². The topological polar surface area (TPSA) is 55.8 Å². The van der Waals surface area contributed by atoms with E-state index in [1.807, 2.05) is 51.1 Å². The van der Waals surface area contributed by atoms with Crippen molar-refractivity contribution in [1.82, 2.24) is 4.90 Å². The summed E-state index contributed by atoms with van der Waals surface area (Å²) in [7, 11) is 0. The van der Waals surface area contributed by atoms with Gasteiger partial charge in [0.1, 0.15) is 18.2 Å². The lowest BCUT2D eigenvalue weighted by molar-refractivity contribution is -0.939. The molecular weight excluding hydrogens is 484 g/mol. The maximum Gasteiger partial charge on any atom is 0.362 e. The Morgan fingerprint density at radius 3 is 2.30 bits per heavy atom.